The molecule has 7 heteroatoms. The van der Waals surface area contributed by atoms with Gasteiger partial charge in [0.1, 0.15) is 5.75 Å². The lowest BCUT2D eigenvalue weighted by Gasteiger charge is -2.38. The first-order valence-corrected chi connectivity index (χ1v) is 13.8. The van der Waals surface area contributed by atoms with Crippen LogP contribution in [-0.4, -0.2) is 51.6 Å². The molecule has 0 unspecified atom stereocenters. The Morgan fingerprint density at radius 3 is 2.17 bits per heavy atom. The van der Waals surface area contributed by atoms with E-state index in [1.165, 1.54) is 0 Å². The fourth-order valence-corrected chi connectivity index (χ4v) is 5.08. The van der Waals surface area contributed by atoms with Crippen LogP contribution in [0.5, 0.6) is 5.75 Å². The van der Waals surface area contributed by atoms with Crippen LogP contribution in [0.2, 0.25) is 0 Å². The van der Waals surface area contributed by atoms with Gasteiger partial charge in [0.2, 0.25) is 0 Å². The van der Waals surface area contributed by atoms with Gasteiger partial charge in [-0.2, -0.15) is 0 Å². The maximum absolute atomic E-state index is 13.4. The molecule has 1 saturated heterocycles. The highest BCUT2D eigenvalue weighted by atomic mass is 16.5. The molecule has 4 aromatic carbocycles. The van der Waals surface area contributed by atoms with E-state index >= 15 is 0 Å². The number of nitrogens with one attached hydrogen (secondary N) is 2. The van der Waals surface area contributed by atoms with Crippen LogP contribution >= 0.6 is 0 Å². The standard InChI is InChI=1S/C33H36N4O3/c1-23(2)22-34-33(39)28-21-27(35-32(38)26-13-12-24-8-4-5-9-25(24)20-26)14-15-29(28)36-16-18-37(19-17-36)30-10-6-7-11-31(30)40-3/h4-15,20-21,23H,16-19,22H2,1-3H3,(H,34,39)(H,35,38). The van der Waals surface area contributed by atoms with Crippen LogP contribution in [0.15, 0.2) is 84.9 Å². The molecule has 0 spiro atoms. The van der Waals surface area contributed by atoms with Crippen LogP contribution in [0, 0.1) is 5.92 Å². The molecule has 40 heavy (non-hydrogen) atoms. The average Bonchev–Trinajstić information content (AvgIpc) is 2.99. The van der Waals surface area contributed by atoms with Gasteiger partial charge in [0.25, 0.3) is 11.8 Å². The lowest BCUT2D eigenvalue weighted by atomic mass is 10.1. The highest BCUT2D eigenvalue weighted by molar-refractivity contribution is 6.08. The van der Waals surface area contributed by atoms with Gasteiger partial charge in [-0.15, -0.1) is 0 Å². The van der Waals surface area contributed by atoms with E-state index in [4.69, 9.17) is 4.74 Å². The van der Waals surface area contributed by atoms with E-state index in [0.717, 1.165) is 54.1 Å². The van der Waals surface area contributed by atoms with Crippen LogP contribution in [0.4, 0.5) is 17.1 Å². The van der Waals surface area contributed by atoms with E-state index in [9.17, 15) is 9.59 Å². The number of hydrogen-bond donors (Lipinski definition) is 2. The Morgan fingerprint density at radius 2 is 1.45 bits per heavy atom. The topological polar surface area (TPSA) is 73.9 Å². The molecule has 1 aliphatic heterocycles. The van der Waals surface area contributed by atoms with Gasteiger partial charge in [0, 0.05) is 49.7 Å². The van der Waals surface area contributed by atoms with Crippen molar-refractivity contribution in [2.24, 2.45) is 5.92 Å². The molecule has 4 aromatic rings. The summed E-state index contributed by atoms with van der Waals surface area (Å²) in [6, 6.07) is 27.3. The molecule has 2 amide bonds. The molecule has 0 aromatic heterocycles. The smallest absolute Gasteiger partial charge is 0.255 e. The normalized spacial score (nSPS) is 13.4. The number of nitrogens with zero attached hydrogens (tertiary/aromatic N) is 2. The van der Waals surface area contributed by atoms with Crippen molar-refractivity contribution < 1.29 is 14.3 Å². The zero-order valence-electron chi connectivity index (χ0n) is 23.3. The fraction of sp³-hybridized carbons (Fsp3) is 0.273. The second-order valence-corrected chi connectivity index (χ2v) is 10.5. The summed E-state index contributed by atoms with van der Waals surface area (Å²) in [5.41, 5.74) is 3.66. The van der Waals surface area contributed by atoms with Crippen LogP contribution in [0.25, 0.3) is 10.8 Å². The van der Waals surface area contributed by atoms with E-state index in [2.05, 4.69) is 40.3 Å². The molecule has 0 atom stereocenters. The number of benzene rings is 4. The zero-order valence-corrected chi connectivity index (χ0v) is 23.3. The lowest BCUT2D eigenvalue weighted by molar-refractivity contribution is 0.0948. The van der Waals surface area contributed by atoms with E-state index < -0.39 is 0 Å². The molecule has 0 bridgehead atoms. The number of fused-ring (bicyclic) bond motifs is 1. The van der Waals surface area contributed by atoms with Gasteiger partial charge in [-0.25, -0.2) is 0 Å². The molecule has 1 aliphatic rings. The minimum absolute atomic E-state index is 0.141. The number of carbonyl (C=O) groups is 2. The second-order valence-electron chi connectivity index (χ2n) is 10.5. The maximum Gasteiger partial charge on any atom is 0.255 e. The quantitative estimate of drug-likeness (QED) is 0.297. The van der Waals surface area contributed by atoms with E-state index in [-0.39, 0.29) is 11.8 Å². The molecule has 0 saturated carbocycles. The number of ether oxygens (including phenoxy) is 1. The molecule has 1 heterocycles. The Hall–Kier alpha value is -4.52. The molecular formula is C33H36N4O3. The van der Waals surface area contributed by atoms with Crippen molar-refractivity contribution in [1.82, 2.24) is 5.32 Å². The SMILES string of the molecule is COc1ccccc1N1CCN(c2ccc(NC(=O)c3ccc4ccccc4c3)cc2C(=O)NCC(C)C)CC1. The maximum atomic E-state index is 13.4. The first-order chi connectivity index (χ1) is 19.4. The molecule has 2 N–H and O–H groups in total. The number of piperazine rings is 1. The summed E-state index contributed by atoms with van der Waals surface area (Å²) in [7, 11) is 1.69. The summed E-state index contributed by atoms with van der Waals surface area (Å²) in [4.78, 5) is 31.0. The van der Waals surface area contributed by atoms with Crippen molar-refractivity contribution in [2.75, 3.05) is 55.0 Å². The molecule has 0 aliphatic carbocycles. The summed E-state index contributed by atoms with van der Waals surface area (Å²) in [5.74, 6) is 0.832. The first-order valence-electron chi connectivity index (χ1n) is 13.8. The minimum Gasteiger partial charge on any atom is -0.495 e. The number of anilines is 3. The van der Waals surface area contributed by atoms with Crippen molar-refractivity contribution in [3.63, 3.8) is 0 Å². The van der Waals surface area contributed by atoms with Gasteiger partial charge in [-0.1, -0.05) is 56.3 Å². The van der Waals surface area contributed by atoms with Crippen molar-refractivity contribution >= 4 is 39.6 Å². The monoisotopic (exact) mass is 536 g/mol. The van der Waals surface area contributed by atoms with E-state index in [1.54, 1.807) is 13.2 Å². The first kappa shape index (κ1) is 27.1. The third-order valence-corrected chi connectivity index (χ3v) is 7.23. The molecule has 5 rings (SSSR count). The number of rotatable bonds is 8. The Labute approximate surface area is 235 Å². The summed E-state index contributed by atoms with van der Waals surface area (Å²) in [6.07, 6.45) is 0. The summed E-state index contributed by atoms with van der Waals surface area (Å²) < 4.78 is 5.56. The Balaban J connectivity index is 1.36. The summed E-state index contributed by atoms with van der Waals surface area (Å²) in [5, 5.41) is 8.14. The van der Waals surface area contributed by atoms with Gasteiger partial charge in [-0.3, -0.25) is 9.59 Å². The van der Waals surface area contributed by atoms with Crippen LogP contribution in [0.3, 0.4) is 0 Å². The van der Waals surface area contributed by atoms with Crippen molar-refractivity contribution in [2.45, 2.75) is 13.8 Å². The summed E-state index contributed by atoms with van der Waals surface area (Å²) >= 11 is 0. The number of methoxy groups -OCH3 is 1. The Morgan fingerprint density at radius 1 is 0.775 bits per heavy atom. The Kier molecular flexibility index (Phi) is 8.20. The number of para-hydroxylation sites is 2. The predicted octanol–water partition coefficient (Wildman–Crippen LogP) is 5.81. The van der Waals surface area contributed by atoms with Crippen molar-refractivity contribution in [1.29, 1.82) is 0 Å². The van der Waals surface area contributed by atoms with Gasteiger partial charge in [0.15, 0.2) is 0 Å². The van der Waals surface area contributed by atoms with Crippen molar-refractivity contribution in [3.8, 4) is 5.75 Å². The van der Waals surface area contributed by atoms with Crippen LogP contribution < -0.4 is 25.2 Å². The third kappa shape index (κ3) is 6.04. The molecule has 7 nitrogen and oxygen atoms in total. The lowest BCUT2D eigenvalue weighted by Crippen LogP contribution is -2.47. The highest BCUT2D eigenvalue weighted by Gasteiger charge is 2.24. The number of carbonyl (C=O) groups excluding carboxylic acids is 2. The molecule has 1 fully saturated rings. The van der Waals surface area contributed by atoms with Gasteiger partial charge in [-0.05, 0) is 59.2 Å². The second kappa shape index (κ2) is 12.1. The fourth-order valence-electron chi connectivity index (χ4n) is 5.08. The largest absolute Gasteiger partial charge is 0.495 e. The molecular weight excluding hydrogens is 500 g/mol. The number of amides is 2. The summed E-state index contributed by atoms with van der Waals surface area (Å²) in [6.45, 7) is 7.82. The van der Waals surface area contributed by atoms with Crippen LogP contribution in [-0.2, 0) is 0 Å². The van der Waals surface area contributed by atoms with Gasteiger partial charge in [0.05, 0.1) is 18.4 Å². The van der Waals surface area contributed by atoms with E-state index in [1.807, 2.05) is 72.8 Å². The molecule has 206 valence electrons. The van der Waals surface area contributed by atoms with Gasteiger partial charge < -0.3 is 25.2 Å². The third-order valence-electron chi connectivity index (χ3n) is 7.23. The van der Waals surface area contributed by atoms with Crippen LogP contribution in [0.1, 0.15) is 34.6 Å². The van der Waals surface area contributed by atoms with Crippen molar-refractivity contribution in [3.05, 3.63) is 96.1 Å². The Bertz CT molecular complexity index is 1510. The molecule has 0 radical (unpaired) electrons. The predicted molar refractivity (Wildman–Crippen MR) is 163 cm³/mol. The number of hydrogen-bond acceptors (Lipinski definition) is 5. The average molecular weight is 537 g/mol. The highest BCUT2D eigenvalue weighted by Crippen LogP contribution is 2.31. The van der Waals surface area contributed by atoms with E-state index in [0.29, 0.717) is 29.3 Å². The zero-order chi connectivity index (χ0) is 28.1. The van der Waals surface area contributed by atoms with Gasteiger partial charge >= 0.3 is 0 Å². The minimum atomic E-state index is -0.211.